The number of amides is 1. The van der Waals surface area contributed by atoms with Crippen LogP contribution in [0.5, 0.6) is 0 Å². The van der Waals surface area contributed by atoms with E-state index in [9.17, 15) is 4.79 Å². The van der Waals surface area contributed by atoms with Gasteiger partial charge in [0.25, 0.3) is 0 Å². The first-order valence-electron chi connectivity index (χ1n) is 5.44. The molecular formula is C11H22N2O. The molecule has 0 N–H and O–H groups in total. The van der Waals surface area contributed by atoms with Crippen molar-refractivity contribution in [3.8, 4) is 0 Å². The van der Waals surface area contributed by atoms with Crippen LogP contribution >= 0.6 is 0 Å². The van der Waals surface area contributed by atoms with Crippen LogP contribution in [0.2, 0.25) is 0 Å². The normalized spacial score (nSPS) is 29.7. The Kier molecular flexibility index (Phi) is 3.53. The molecule has 0 aliphatic carbocycles. The molecule has 0 aromatic carbocycles. The van der Waals surface area contributed by atoms with Crippen molar-refractivity contribution in [3.63, 3.8) is 0 Å². The molecule has 0 spiro atoms. The zero-order valence-electron chi connectivity index (χ0n) is 9.95. The molecule has 0 aromatic rings. The van der Waals surface area contributed by atoms with E-state index in [0.717, 1.165) is 13.1 Å². The van der Waals surface area contributed by atoms with E-state index in [-0.39, 0.29) is 11.8 Å². The van der Waals surface area contributed by atoms with Crippen LogP contribution in [0.4, 0.5) is 0 Å². The quantitative estimate of drug-likeness (QED) is 0.632. The summed E-state index contributed by atoms with van der Waals surface area (Å²) in [6.07, 6.45) is 0. The molecule has 1 fully saturated rings. The van der Waals surface area contributed by atoms with E-state index >= 15 is 0 Å². The van der Waals surface area contributed by atoms with Crippen LogP contribution in [0.15, 0.2) is 0 Å². The summed E-state index contributed by atoms with van der Waals surface area (Å²) in [7, 11) is 2.13. The van der Waals surface area contributed by atoms with Crippen LogP contribution in [0, 0.1) is 5.92 Å². The number of hydrogen-bond donors (Lipinski definition) is 0. The third-order valence-corrected chi connectivity index (χ3v) is 3.17. The Balaban J connectivity index is 2.62. The highest BCUT2D eigenvalue weighted by Crippen LogP contribution is 2.15. The van der Waals surface area contributed by atoms with E-state index < -0.39 is 0 Å². The van der Waals surface area contributed by atoms with Gasteiger partial charge in [-0.25, -0.2) is 0 Å². The molecule has 2 unspecified atom stereocenters. The van der Waals surface area contributed by atoms with Gasteiger partial charge in [-0.3, -0.25) is 9.69 Å². The minimum absolute atomic E-state index is 0.123. The predicted molar refractivity (Wildman–Crippen MR) is 58.1 cm³/mol. The maximum absolute atomic E-state index is 11.8. The lowest BCUT2D eigenvalue weighted by molar-refractivity contribution is -0.138. The van der Waals surface area contributed by atoms with E-state index in [1.807, 2.05) is 18.7 Å². The van der Waals surface area contributed by atoms with Gasteiger partial charge < -0.3 is 4.90 Å². The molecule has 3 nitrogen and oxygen atoms in total. The largest absolute Gasteiger partial charge is 0.339 e. The molecule has 1 aliphatic heterocycles. The molecule has 0 radical (unpaired) electrons. The number of hydrogen-bond acceptors (Lipinski definition) is 2. The summed E-state index contributed by atoms with van der Waals surface area (Å²) in [6.45, 7) is 10.0. The second kappa shape index (κ2) is 4.30. The van der Waals surface area contributed by atoms with Crippen LogP contribution in [-0.4, -0.2) is 47.9 Å². The molecule has 1 saturated heterocycles. The summed E-state index contributed by atoms with van der Waals surface area (Å²) < 4.78 is 0. The van der Waals surface area contributed by atoms with Crippen LogP contribution in [-0.2, 0) is 4.79 Å². The summed E-state index contributed by atoms with van der Waals surface area (Å²) in [5.41, 5.74) is 0. The van der Waals surface area contributed by atoms with Gasteiger partial charge in [-0.15, -0.1) is 0 Å². The summed E-state index contributed by atoms with van der Waals surface area (Å²) in [5.74, 6) is 0.412. The third-order valence-electron chi connectivity index (χ3n) is 3.17. The maximum atomic E-state index is 11.8. The summed E-state index contributed by atoms with van der Waals surface area (Å²) in [5, 5.41) is 0. The smallest absolute Gasteiger partial charge is 0.225 e. The van der Waals surface area contributed by atoms with Crippen molar-refractivity contribution < 1.29 is 4.79 Å². The summed E-state index contributed by atoms with van der Waals surface area (Å²) in [6, 6.07) is 0.947. The Morgan fingerprint density at radius 3 is 2.00 bits per heavy atom. The van der Waals surface area contributed by atoms with Crippen LogP contribution < -0.4 is 0 Å². The average molecular weight is 198 g/mol. The number of piperazine rings is 1. The first-order valence-corrected chi connectivity index (χ1v) is 5.44. The summed E-state index contributed by atoms with van der Waals surface area (Å²) >= 11 is 0. The molecule has 0 saturated carbocycles. The van der Waals surface area contributed by atoms with E-state index in [1.165, 1.54) is 0 Å². The maximum Gasteiger partial charge on any atom is 0.225 e. The Bertz CT molecular complexity index is 203. The fourth-order valence-electron chi connectivity index (χ4n) is 1.95. The SMILES string of the molecule is CC(C)C(=O)N1CC(C)N(C)C(C)C1. The van der Waals surface area contributed by atoms with Crippen molar-refractivity contribution >= 4 is 5.91 Å². The molecule has 1 rings (SSSR count). The van der Waals surface area contributed by atoms with E-state index in [1.54, 1.807) is 0 Å². The Morgan fingerprint density at radius 2 is 1.64 bits per heavy atom. The minimum atomic E-state index is 0.123. The van der Waals surface area contributed by atoms with Gasteiger partial charge in [0.15, 0.2) is 0 Å². The molecule has 82 valence electrons. The van der Waals surface area contributed by atoms with Crippen LogP contribution in [0.1, 0.15) is 27.7 Å². The number of likely N-dealkylation sites (N-methyl/N-ethyl adjacent to an activating group) is 1. The topological polar surface area (TPSA) is 23.6 Å². The fourth-order valence-corrected chi connectivity index (χ4v) is 1.95. The third kappa shape index (κ3) is 2.27. The average Bonchev–Trinajstić information content (AvgIpc) is 2.12. The molecule has 14 heavy (non-hydrogen) atoms. The first kappa shape index (κ1) is 11.5. The van der Waals surface area contributed by atoms with Gasteiger partial charge in [-0.2, -0.15) is 0 Å². The van der Waals surface area contributed by atoms with Crippen molar-refractivity contribution in [2.45, 2.75) is 39.8 Å². The zero-order valence-corrected chi connectivity index (χ0v) is 9.95. The first-order chi connectivity index (χ1) is 6.43. The van der Waals surface area contributed by atoms with Crippen molar-refractivity contribution in [1.29, 1.82) is 0 Å². The van der Waals surface area contributed by atoms with Gasteiger partial charge in [-0.1, -0.05) is 13.8 Å². The van der Waals surface area contributed by atoms with Gasteiger partial charge in [0, 0.05) is 31.1 Å². The fraction of sp³-hybridized carbons (Fsp3) is 0.909. The van der Waals surface area contributed by atoms with Crippen molar-refractivity contribution in [1.82, 2.24) is 9.80 Å². The summed E-state index contributed by atoms with van der Waals surface area (Å²) in [4.78, 5) is 16.1. The predicted octanol–water partition coefficient (Wildman–Crippen LogP) is 1.19. The zero-order chi connectivity index (χ0) is 10.9. The highest BCUT2D eigenvalue weighted by molar-refractivity contribution is 5.78. The number of nitrogens with zero attached hydrogens (tertiary/aromatic N) is 2. The lowest BCUT2D eigenvalue weighted by atomic mass is 10.1. The van der Waals surface area contributed by atoms with Crippen LogP contribution in [0.3, 0.4) is 0 Å². The number of carbonyl (C=O) groups excluding carboxylic acids is 1. The van der Waals surface area contributed by atoms with Crippen LogP contribution in [0.25, 0.3) is 0 Å². The molecule has 0 aromatic heterocycles. The van der Waals surface area contributed by atoms with E-state index in [4.69, 9.17) is 0 Å². The number of carbonyl (C=O) groups is 1. The molecule has 1 heterocycles. The number of rotatable bonds is 1. The Labute approximate surface area is 87.1 Å². The van der Waals surface area contributed by atoms with Crippen molar-refractivity contribution in [2.75, 3.05) is 20.1 Å². The monoisotopic (exact) mass is 198 g/mol. The minimum Gasteiger partial charge on any atom is -0.339 e. The molecule has 1 aliphatic rings. The lowest BCUT2D eigenvalue weighted by Gasteiger charge is -2.43. The van der Waals surface area contributed by atoms with E-state index in [2.05, 4.69) is 25.8 Å². The molecule has 0 bridgehead atoms. The molecule has 1 amide bonds. The van der Waals surface area contributed by atoms with Gasteiger partial charge in [0.2, 0.25) is 5.91 Å². The Hall–Kier alpha value is -0.570. The molecular weight excluding hydrogens is 176 g/mol. The highest BCUT2D eigenvalue weighted by atomic mass is 16.2. The highest BCUT2D eigenvalue weighted by Gasteiger charge is 2.29. The van der Waals surface area contributed by atoms with Gasteiger partial charge in [0.1, 0.15) is 0 Å². The standard InChI is InChI=1S/C11H22N2O/c1-8(2)11(14)13-6-9(3)12(5)10(4)7-13/h8-10H,6-7H2,1-5H3. The second-order valence-corrected chi connectivity index (χ2v) is 4.76. The Morgan fingerprint density at radius 1 is 1.21 bits per heavy atom. The molecule has 3 heteroatoms. The lowest BCUT2D eigenvalue weighted by Crippen LogP contribution is -2.57. The second-order valence-electron chi connectivity index (χ2n) is 4.76. The van der Waals surface area contributed by atoms with Gasteiger partial charge in [-0.05, 0) is 20.9 Å². The van der Waals surface area contributed by atoms with Gasteiger partial charge >= 0.3 is 0 Å². The van der Waals surface area contributed by atoms with Gasteiger partial charge in [0.05, 0.1) is 0 Å². The van der Waals surface area contributed by atoms with E-state index in [0.29, 0.717) is 12.1 Å². The van der Waals surface area contributed by atoms with Crippen molar-refractivity contribution in [2.24, 2.45) is 5.92 Å². The molecule has 2 atom stereocenters. The van der Waals surface area contributed by atoms with Crippen molar-refractivity contribution in [3.05, 3.63) is 0 Å².